The van der Waals surface area contributed by atoms with Crippen molar-refractivity contribution in [3.05, 3.63) is 87.9 Å². The van der Waals surface area contributed by atoms with E-state index < -0.39 is 11.9 Å². The molecule has 0 fully saturated rings. The number of methoxy groups -OCH3 is 1. The van der Waals surface area contributed by atoms with Gasteiger partial charge in [-0.1, -0.05) is 38.1 Å². The number of anilines is 1. The highest BCUT2D eigenvalue weighted by molar-refractivity contribution is 7.16. The van der Waals surface area contributed by atoms with E-state index in [1.54, 1.807) is 44.5 Å². The van der Waals surface area contributed by atoms with Crippen LogP contribution in [0.15, 0.2) is 66.4 Å². The number of thiophene rings is 1. The zero-order valence-corrected chi connectivity index (χ0v) is 23.5. The van der Waals surface area contributed by atoms with Crippen molar-refractivity contribution in [2.75, 3.05) is 19.0 Å². The number of ether oxygens (including phenoxy) is 3. The van der Waals surface area contributed by atoms with Crippen LogP contribution in [0.5, 0.6) is 11.5 Å². The lowest BCUT2D eigenvalue weighted by Crippen LogP contribution is -2.15. The van der Waals surface area contributed by atoms with E-state index >= 15 is 0 Å². The molecular weight excluding hydrogens is 526 g/mol. The number of carbonyl (C=O) groups excluding carboxylic acids is 2. The SMILES string of the molecule is CCOC(=O)c1cc(C(C)C)sc1NC(=O)C(C#N)=Cc1ccc(OC)c(COc2cccc3cccnc23)c1. The van der Waals surface area contributed by atoms with Gasteiger partial charge in [0.1, 0.15) is 40.3 Å². The van der Waals surface area contributed by atoms with E-state index in [1.165, 1.54) is 17.4 Å². The van der Waals surface area contributed by atoms with Crippen molar-refractivity contribution in [3.63, 3.8) is 0 Å². The number of benzene rings is 2. The van der Waals surface area contributed by atoms with Crippen LogP contribution in [0.4, 0.5) is 5.00 Å². The molecule has 2 aromatic heterocycles. The number of rotatable bonds is 10. The third-order valence-corrected chi connectivity index (χ3v) is 7.35. The number of pyridine rings is 1. The fraction of sp³-hybridized carbons (Fsp3) is 0.226. The second-order valence-electron chi connectivity index (χ2n) is 9.08. The molecule has 2 aromatic carbocycles. The van der Waals surface area contributed by atoms with Crippen LogP contribution in [0.2, 0.25) is 0 Å². The van der Waals surface area contributed by atoms with E-state index in [9.17, 15) is 14.9 Å². The molecule has 0 aliphatic rings. The number of nitrogens with zero attached hydrogens (tertiary/aromatic N) is 2. The number of nitriles is 1. The summed E-state index contributed by atoms with van der Waals surface area (Å²) in [5.41, 5.74) is 2.24. The first-order valence-corrected chi connectivity index (χ1v) is 13.5. The third kappa shape index (κ3) is 6.47. The standard InChI is InChI=1S/C31H29N3O5S/c1-5-38-31(36)24-16-27(19(2)3)40-30(24)34-29(35)22(17-32)14-20-11-12-25(37-4)23(15-20)18-39-26-10-6-8-21-9-7-13-33-28(21)26/h6-16,19H,5,18H2,1-4H3,(H,34,35). The highest BCUT2D eigenvalue weighted by Gasteiger charge is 2.21. The molecule has 1 N–H and O–H groups in total. The number of fused-ring (bicyclic) bond motifs is 1. The van der Waals surface area contributed by atoms with Crippen LogP contribution in [-0.4, -0.2) is 30.6 Å². The van der Waals surface area contributed by atoms with Crippen molar-refractivity contribution in [1.29, 1.82) is 5.26 Å². The predicted molar refractivity (Wildman–Crippen MR) is 156 cm³/mol. The van der Waals surface area contributed by atoms with E-state index in [0.29, 0.717) is 22.1 Å². The molecule has 0 aliphatic heterocycles. The van der Waals surface area contributed by atoms with E-state index in [2.05, 4.69) is 10.3 Å². The van der Waals surface area contributed by atoms with Gasteiger partial charge in [-0.3, -0.25) is 9.78 Å². The van der Waals surface area contributed by atoms with Gasteiger partial charge in [0.15, 0.2) is 0 Å². The molecule has 2 heterocycles. The van der Waals surface area contributed by atoms with Crippen molar-refractivity contribution in [2.45, 2.75) is 33.3 Å². The van der Waals surface area contributed by atoms with Crippen molar-refractivity contribution in [2.24, 2.45) is 0 Å². The van der Waals surface area contributed by atoms with Gasteiger partial charge in [0.25, 0.3) is 5.91 Å². The first kappa shape index (κ1) is 28.3. The maximum atomic E-state index is 13.1. The lowest BCUT2D eigenvalue weighted by Gasteiger charge is -2.12. The molecule has 8 nitrogen and oxygen atoms in total. The van der Waals surface area contributed by atoms with E-state index in [1.807, 2.05) is 50.2 Å². The fourth-order valence-electron chi connectivity index (χ4n) is 3.98. The Morgan fingerprint density at radius 3 is 2.65 bits per heavy atom. The lowest BCUT2D eigenvalue weighted by molar-refractivity contribution is -0.112. The van der Waals surface area contributed by atoms with Gasteiger partial charge < -0.3 is 19.5 Å². The van der Waals surface area contributed by atoms with E-state index in [0.717, 1.165) is 21.3 Å². The van der Waals surface area contributed by atoms with Crippen LogP contribution in [0.1, 0.15) is 53.1 Å². The minimum atomic E-state index is -0.624. The topological polar surface area (TPSA) is 111 Å². The van der Waals surface area contributed by atoms with Crippen LogP contribution in [0, 0.1) is 11.3 Å². The average Bonchev–Trinajstić information content (AvgIpc) is 3.39. The third-order valence-electron chi connectivity index (χ3n) is 6.00. The molecule has 0 spiro atoms. The molecule has 0 atom stereocenters. The average molecular weight is 556 g/mol. The van der Waals surface area contributed by atoms with Crippen molar-refractivity contribution in [1.82, 2.24) is 4.98 Å². The number of amides is 1. The Labute approximate surface area is 236 Å². The Morgan fingerprint density at radius 2 is 1.93 bits per heavy atom. The van der Waals surface area contributed by atoms with Crippen LogP contribution in [0.25, 0.3) is 17.0 Å². The zero-order valence-electron chi connectivity index (χ0n) is 22.7. The lowest BCUT2D eigenvalue weighted by atomic mass is 10.1. The second-order valence-corrected chi connectivity index (χ2v) is 10.2. The minimum absolute atomic E-state index is 0.121. The van der Waals surface area contributed by atoms with Crippen LogP contribution < -0.4 is 14.8 Å². The summed E-state index contributed by atoms with van der Waals surface area (Å²) >= 11 is 1.29. The zero-order chi connectivity index (χ0) is 28.6. The summed E-state index contributed by atoms with van der Waals surface area (Å²) < 4.78 is 16.7. The number of aromatic nitrogens is 1. The molecule has 0 aliphatic carbocycles. The first-order chi connectivity index (χ1) is 19.3. The number of hydrogen-bond donors (Lipinski definition) is 1. The van der Waals surface area contributed by atoms with Gasteiger partial charge in [0, 0.05) is 22.0 Å². The molecule has 0 radical (unpaired) electrons. The van der Waals surface area contributed by atoms with Crippen LogP contribution in [0.3, 0.4) is 0 Å². The van der Waals surface area contributed by atoms with Crippen LogP contribution in [-0.2, 0) is 16.1 Å². The Kier molecular flexibility index (Phi) is 9.15. The molecule has 0 bridgehead atoms. The Balaban J connectivity index is 1.58. The summed E-state index contributed by atoms with van der Waals surface area (Å²) in [6.45, 7) is 6.10. The molecular formula is C31H29N3O5S. The van der Waals surface area contributed by atoms with Crippen molar-refractivity contribution in [3.8, 4) is 17.6 Å². The number of esters is 1. The molecule has 0 saturated heterocycles. The highest BCUT2D eigenvalue weighted by atomic mass is 32.1. The van der Waals surface area contributed by atoms with Gasteiger partial charge in [-0.25, -0.2) is 4.79 Å². The number of hydrogen-bond acceptors (Lipinski definition) is 8. The Hall–Kier alpha value is -4.68. The summed E-state index contributed by atoms with van der Waals surface area (Å²) in [4.78, 5) is 30.9. The highest BCUT2D eigenvalue weighted by Crippen LogP contribution is 2.34. The largest absolute Gasteiger partial charge is 0.496 e. The van der Waals surface area contributed by atoms with E-state index in [-0.39, 0.29) is 30.3 Å². The van der Waals surface area contributed by atoms with Crippen molar-refractivity contribution < 1.29 is 23.8 Å². The molecule has 4 rings (SSSR count). The van der Waals surface area contributed by atoms with Crippen molar-refractivity contribution >= 4 is 45.2 Å². The van der Waals surface area contributed by atoms with Gasteiger partial charge >= 0.3 is 5.97 Å². The monoisotopic (exact) mass is 555 g/mol. The summed E-state index contributed by atoms with van der Waals surface area (Å²) in [6.07, 6.45) is 3.20. The normalized spacial score (nSPS) is 11.2. The summed E-state index contributed by atoms with van der Waals surface area (Å²) in [7, 11) is 1.57. The molecule has 204 valence electrons. The molecule has 4 aromatic rings. The van der Waals surface area contributed by atoms with Gasteiger partial charge in [-0.05, 0) is 54.8 Å². The van der Waals surface area contributed by atoms with E-state index in [4.69, 9.17) is 14.2 Å². The Bertz CT molecular complexity index is 1610. The van der Waals surface area contributed by atoms with Gasteiger partial charge in [-0.2, -0.15) is 5.26 Å². The number of para-hydroxylation sites is 1. The minimum Gasteiger partial charge on any atom is -0.496 e. The maximum absolute atomic E-state index is 13.1. The molecule has 0 unspecified atom stereocenters. The quantitative estimate of drug-likeness (QED) is 0.131. The summed E-state index contributed by atoms with van der Waals surface area (Å²) in [6, 6.07) is 18.5. The van der Waals surface area contributed by atoms with Gasteiger partial charge in [-0.15, -0.1) is 11.3 Å². The first-order valence-electron chi connectivity index (χ1n) is 12.7. The Morgan fingerprint density at radius 1 is 1.12 bits per heavy atom. The predicted octanol–water partition coefficient (Wildman–Crippen LogP) is 6.73. The number of carbonyl (C=O) groups is 2. The van der Waals surface area contributed by atoms with Gasteiger partial charge in [0.2, 0.25) is 0 Å². The summed E-state index contributed by atoms with van der Waals surface area (Å²) in [5, 5.41) is 13.8. The smallest absolute Gasteiger partial charge is 0.341 e. The second kappa shape index (κ2) is 12.9. The molecule has 0 saturated carbocycles. The number of nitrogens with one attached hydrogen (secondary N) is 1. The van der Waals surface area contributed by atoms with Crippen LogP contribution >= 0.6 is 11.3 Å². The van der Waals surface area contributed by atoms with Gasteiger partial charge in [0.05, 0.1) is 19.3 Å². The maximum Gasteiger partial charge on any atom is 0.341 e. The molecule has 9 heteroatoms. The summed E-state index contributed by atoms with van der Waals surface area (Å²) in [5.74, 6) is 0.240. The molecule has 40 heavy (non-hydrogen) atoms. The molecule has 1 amide bonds. The fourth-order valence-corrected chi connectivity index (χ4v) is 5.03.